The number of likely N-dealkylation sites (N-methyl/N-ethyl adjacent to an activating group) is 2. The summed E-state index contributed by atoms with van der Waals surface area (Å²) in [6.07, 6.45) is 2.63. The van der Waals surface area contributed by atoms with Crippen LogP contribution in [0.15, 0.2) is 17.5 Å². The first-order valence-corrected chi connectivity index (χ1v) is 7.66. The number of nitrogens with zero attached hydrogens (tertiary/aromatic N) is 2. The lowest BCUT2D eigenvalue weighted by atomic mass is 10.1. The van der Waals surface area contributed by atoms with Gasteiger partial charge in [-0.1, -0.05) is 6.07 Å². The molecule has 2 atom stereocenters. The summed E-state index contributed by atoms with van der Waals surface area (Å²) in [7, 11) is 6.55. The van der Waals surface area contributed by atoms with Gasteiger partial charge in [-0.15, -0.1) is 11.3 Å². The zero-order valence-electron chi connectivity index (χ0n) is 11.7. The van der Waals surface area contributed by atoms with Gasteiger partial charge in [0.25, 0.3) is 0 Å². The van der Waals surface area contributed by atoms with Crippen LogP contribution in [0, 0.1) is 0 Å². The van der Waals surface area contributed by atoms with Gasteiger partial charge in [0.1, 0.15) is 0 Å². The highest BCUT2D eigenvalue weighted by Gasteiger charge is 2.20. The second-order valence-corrected chi connectivity index (χ2v) is 6.48. The van der Waals surface area contributed by atoms with Crippen LogP contribution >= 0.6 is 11.3 Å². The molecule has 1 aromatic rings. The highest BCUT2D eigenvalue weighted by atomic mass is 32.1. The highest BCUT2D eigenvalue weighted by molar-refractivity contribution is 7.10. The molecule has 18 heavy (non-hydrogen) atoms. The first-order chi connectivity index (χ1) is 8.66. The summed E-state index contributed by atoms with van der Waals surface area (Å²) >= 11 is 1.85. The summed E-state index contributed by atoms with van der Waals surface area (Å²) in [6, 6.07) is 5.54. The molecule has 3 nitrogen and oxygen atoms in total. The third-order valence-corrected chi connectivity index (χ3v) is 4.69. The molecule has 0 bridgehead atoms. The summed E-state index contributed by atoms with van der Waals surface area (Å²) in [6.45, 7) is 3.48. The predicted octanol–water partition coefficient (Wildman–Crippen LogP) is 2.03. The molecule has 1 aromatic heterocycles. The van der Waals surface area contributed by atoms with E-state index in [4.69, 9.17) is 0 Å². The molecule has 102 valence electrons. The Hall–Kier alpha value is -0.420. The van der Waals surface area contributed by atoms with E-state index in [1.54, 1.807) is 0 Å². The predicted molar refractivity (Wildman–Crippen MR) is 79.3 cm³/mol. The normalized spacial score (nSPS) is 23.4. The topological polar surface area (TPSA) is 18.5 Å². The first-order valence-electron chi connectivity index (χ1n) is 6.78. The van der Waals surface area contributed by atoms with E-state index >= 15 is 0 Å². The van der Waals surface area contributed by atoms with Gasteiger partial charge >= 0.3 is 0 Å². The van der Waals surface area contributed by atoms with Crippen molar-refractivity contribution >= 4 is 11.3 Å². The average Bonchev–Trinajstić information content (AvgIpc) is 2.82. The number of piperidine rings is 1. The highest BCUT2D eigenvalue weighted by Crippen LogP contribution is 2.22. The molecule has 1 N–H and O–H groups in total. The van der Waals surface area contributed by atoms with Gasteiger partial charge in [-0.2, -0.15) is 0 Å². The smallest absolute Gasteiger partial charge is 0.0561 e. The van der Waals surface area contributed by atoms with Crippen LogP contribution in [0.2, 0.25) is 0 Å². The van der Waals surface area contributed by atoms with E-state index in [0.717, 1.165) is 6.54 Å². The second-order valence-electron chi connectivity index (χ2n) is 5.50. The molecular formula is C14H25N3S. The molecule has 0 saturated carbocycles. The van der Waals surface area contributed by atoms with Gasteiger partial charge in [-0.05, 0) is 52.0 Å². The first kappa shape index (κ1) is 14.0. The SMILES string of the molecule is CN1CCCC(NCC(c2cccs2)N(C)C)C1. The Kier molecular flexibility index (Phi) is 5.18. The van der Waals surface area contributed by atoms with Crippen LogP contribution in [0.5, 0.6) is 0 Å². The van der Waals surface area contributed by atoms with E-state index in [9.17, 15) is 0 Å². The van der Waals surface area contributed by atoms with Crippen LogP contribution in [0.3, 0.4) is 0 Å². The van der Waals surface area contributed by atoms with E-state index in [0.29, 0.717) is 12.1 Å². The minimum absolute atomic E-state index is 0.497. The van der Waals surface area contributed by atoms with Crippen LogP contribution in [0.4, 0.5) is 0 Å². The zero-order valence-corrected chi connectivity index (χ0v) is 12.5. The van der Waals surface area contributed by atoms with Crippen molar-refractivity contribution in [1.29, 1.82) is 0 Å². The van der Waals surface area contributed by atoms with Crippen LogP contribution in [0.1, 0.15) is 23.8 Å². The lowest BCUT2D eigenvalue weighted by Gasteiger charge is -2.32. The number of likely N-dealkylation sites (tertiary alicyclic amines) is 1. The van der Waals surface area contributed by atoms with Crippen molar-refractivity contribution in [3.8, 4) is 0 Å². The van der Waals surface area contributed by atoms with E-state index < -0.39 is 0 Å². The summed E-state index contributed by atoms with van der Waals surface area (Å²) < 4.78 is 0. The number of thiophene rings is 1. The van der Waals surface area contributed by atoms with Gasteiger partial charge in [0.05, 0.1) is 6.04 Å². The fourth-order valence-electron chi connectivity index (χ4n) is 2.63. The Morgan fingerprint density at radius 3 is 3.00 bits per heavy atom. The van der Waals surface area contributed by atoms with E-state index in [1.165, 1.54) is 30.8 Å². The maximum Gasteiger partial charge on any atom is 0.0561 e. The van der Waals surface area contributed by atoms with Crippen molar-refractivity contribution in [3.05, 3.63) is 22.4 Å². The van der Waals surface area contributed by atoms with Crippen molar-refractivity contribution in [2.45, 2.75) is 24.9 Å². The number of hydrogen-bond donors (Lipinski definition) is 1. The number of hydrogen-bond acceptors (Lipinski definition) is 4. The van der Waals surface area contributed by atoms with Crippen LogP contribution < -0.4 is 5.32 Å². The van der Waals surface area contributed by atoms with Crippen molar-refractivity contribution in [3.63, 3.8) is 0 Å². The van der Waals surface area contributed by atoms with Crippen LogP contribution in [-0.2, 0) is 0 Å². The molecule has 2 unspecified atom stereocenters. The fourth-order valence-corrected chi connectivity index (χ4v) is 3.55. The lowest BCUT2D eigenvalue weighted by molar-refractivity contribution is 0.210. The Balaban J connectivity index is 1.86. The van der Waals surface area contributed by atoms with E-state index in [-0.39, 0.29) is 0 Å². The van der Waals surface area contributed by atoms with Crippen molar-refractivity contribution in [1.82, 2.24) is 15.1 Å². The molecule has 2 heterocycles. The van der Waals surface area contributed by atoms with Crippen LogP contribution in [-0.4, -0.2) is 56.6 Å². The molecule has 1 saturated heterocycles. The zero-order chi connectivity index (χ0) is 13.0. The minimum atomic E-state index is 0.497. The molecule has 0 aromatic carbocycles. The molecule has 2 rings (SSSR count). The van der Waals surface area contributed by atoms with Crippen LogP contribution in [0.25, 0.3) is 0 Å². The molecule has 0 aliphatic carbocycles. The Morgan fingerprint density at radius 1 is 1.56 bits per heavy atom. The third-order valence-electron chi connectivity index (χ3n) is 3.72. The largest absolute Gasteiger partial charge is 0.311 e. The lowest BCUT2D eigenvalue weighted by Crippen LogP contribution is -2.46. The summed E-state index contributed by atoms with van der Waals surface area (Å²) in [5, 5.41) is 5.91. The van der Waals surface area contributed by atoms with Gasteiger partial charge in [-0.25, -0.2) is 0 Å². The fraction of sp³-hybridized carbons (Fsp3) is 0.714. The van der Waals surface area contributed by atoms with Crippen molar-refractivity contribution in [2.24, 2.45) is 0 Å². The van der Waals surface area contributed by atoms with Gasteiger partial charge in [0.15, 0.2) is 0 Å². The number of nitrogens with one attached hydrogen (secondary N) is 1. The van der Waals surface area contributed by atoms with Crippen molar-refractivity contribution < 1.29 is 0 Å². The van der Waals surface area contributed by atoms with E-state index in [1.807, 2.05) is 11.3 Å². The van der Waals surface area contributed by atoms with E-state index in [2.05, 4.69) is 53.8 Å². The Morgan fingerprint density at radius 2 is 2.39 bits per heavy atom. The van der Waals surface area contributed by atoms with Crippen molar-refractivity contribution in [2.75, 3.05) is 40.8 Å². The maximum atomic E-state index is 3.75. The van der Waals surface area contributed by atoms with Gasteiger partial charge in [-0.3, -0.25) is 0 Å². The maximum absolute atomic E-state index is 3.75. The molecule has 1 aliphatic rings. The molecule has 0 radical (unpaired) electrons. The standard InChI is InChI=1S/C14H25N3S/c1-16(2)13(14-7-5-9-18-14)10-15-12-6-4-8-17(3)11-12/h5,7,9,12-13,15H,4,6,8,10-11H2,1-3H3. The molecule has 0 spiro atoms. The Labute approximate surface area is 115 Å². The second kappa shape index (κ2) is 6.66. The quantitative estimate of drug-likeness (QED) is 0.881. The van der Waals surface area contributed by atoms with Gasteiger partial charge in [0, 0.05) is 24.0 Å². The minimum Gasteiger partial charge on any atom is -0.311 e. The molecule has 1 fully saturated rings. The average molecular weight is 267 g/mol. The summed E-state index contributed by atoms with van der Waals surface area (Å²) in [5.74, 6) is 0. The molecular weight excluding hydrogens is 242 g/mol. The molecule has 0 amide bonds. The number of rotatable bonds is 5. The molecule has 4 heteroatoms. The van der Waals surface area contributed by atoms with Gasteiger partial charge < -0.3 is 15.1 Å². The Bertz CT molecular complexity index is 337. The monoisotopic (exact) mass is 267 g/mol. The summed E-state index contributed by atoms with van der Waals surface area (Å²) in [4.78, 5) is 6.19. The molecule has 1 aliphatic heterocycles. The summed E-state index contributed by atoms with van der Waals surface area (Å²) in [5.41, 5.74) is 0. The third kappa shape index (κ3) is 3.79. The van der Waals surface area contributed by atoms with Gasteiger partial charge in [0.2, 0.25) is 0 Å².